The maximum absolute atomic E-state index is 12.4. The summed E-state index contributed by atoms with van der Waals surface area (Å²) in [6.07, 6.45) is -3.89. The van der Waals surface area contributed by atoms with Crippen molar-refractivity contribution in [3.8, 4) is 5.75 Å². The Hall–Kier alpha value is -2.78. The average molecular weight is 340 g/mol. The van der Waals surface area contributed by atoms with Crippen LogP contribution in [0.25, 0.3) is 0 Å². The van der Waals surface area contributed by atoms with Gasteiger partial charge in [0.15, 0.2) is 5.96 Å². The summed E-state index contributed by atoms with van der Waals surface area (Å²) in [5, 5.41) is 8.34. The molecule has 2 aromatic rings. The fourth-order valence-electron chi connectivity index (χ4n) is 2.37. The van der Waals surface area contributed by atoms with Crippen molar-refractivity contribution in [2.24, 2.45) is 10.7 Å². The molecule has 4 N–H and O–H groups in total. The van der Waals surface area contributed by atoms with Crippen LogP contribution in [-0.4, -0.2) is 27.7 Å². The molecule has 10 heteroatoms. The van der Waals surface area contributed by atoms with E-state index in [9.17, 15) is 13.2 Å². The number of rotatable bonds is 3. The van der Waals surface area contributed by atoms with Crippen LogP contribution in [0.5, 0.6) is 5.75 Å². The van der Waals surface area contributed by atoms with Gasteiger partial charge in [-0.25, -0.2) is 9.98 Å². The normalized spacial score (nSPS) is 18.0. The van der Waals surface area contributed by atoms with Crippen LogP contribution in [0.2, 0.25) is 0 Å². The van der Waals surface area contributed by atoms with Crippen LogP contribution < -0.4 is 15.8 Å². The number of hydrogen-bond donors (Lipinski definition) is 3. The molecule has 0 aliphatic carbocycles. The van der Waals surface area contributed by atoms with E-state index in [2.05, 4.69) is 25.5 Å². The lowest BCUT2D eigenvalue weighted by atomic mass is 10.0. The van der Waals surface area contributed by atoms with Gasteiger partial charge in [-0.3, -0.25) is 5.10 Å². The number of nitrogens with two attached hydrogens (primary N) is 1. The molecular formula is C14H15F3N6O. The first-order valence-corrected chi connectivity index (χ1v) is 7.20. The molecule has 0 spiro atoms. The van der Waals surface area contributed by atoms with Gasteiger partial charge in [0, 0.05) is 12.0 Å². The predicted octanol–water partition coefficient (Wildman–Crippen LogP) is 1.75. The van der Waals surface area contributed by atoms with Gasteiger partial charge in [-0.05, 0) is 6.07 Å². The van der Waals surface area contributed by atoms with E-state index in [4.69, 9.17) is 10.5 Å². The number of guanidine groups is 1. The van der Waals surface area contributed by atoms with Crippen LogP contribution in [-0.2, 0) is 12.7 Å². The minimum atomic E-state index is -4.59. The zero-order valence-electron chi connectivity index (χ0n) is 12.5. The molecular weight excluding hydrogens is 325 g/mol. The number of aliphatic imine (C=N–C) groups is 1. The lowest BCUT2D eigenvalue weighted by molar-refractivity contribution is -0.144. The molecule has 0 saturated carbocycles. The Morgan fingerprint density at radius 1 is 1.42 bits per heavy atom. The molecule has 1 aromatic heterocycles. The zero-order valence-corrected chi connectivity index (χ0v) is 12.5. The largest absolute Gasteiger partial charge is 0.493 e. The Labute approximate surface area is 135 Å². The SMILES string of the molecule is NC(=NCc1nc(C(F)(F)F)n[nH]1)NC1CCOc2ccccc21. The van der Waals surface area contributed by atoms with Crippen molar-refractivity contribution in [1.29, 1.82) is 0 Å². The highest BCUT2D eigenvalue weighted by Crippen LogP contribution is 2.31. The number of alkyl halides is 3. The fraction of sp³-hybridized carbons (Fsp3) is 0.357. The van der Waals surface area contributed by atoms with Gasteiger partial charge in [-0.2, -0.15) is 13.2 Å². The molecule has 1 aliphatic rings. The van der Waals surface area contributed by atoms with Crippen molar-refractivity contribution < 1.29 is 17.9 Å². The smallest absolute Gasteiger partial charge is 0.453 e. The first-order valence-electron chi connectivity index (χ1n) is 7.20. The molecule has 7 nitrogen and oxygen atoms in total. The topological polar surface area (TPSA) is 101 Å². The van der Waals surface area contributed by atoms with Crippen LogP contribution in [0, 0.1) is 0 Å². The molecule has 0 radical (unpaired) electrons. The predicted molar refractivity (Wildman–Crippen MR) is 79.1 cm³/mol. The van der Waals surface area contributed by atoms with Gasteiger partial charge in [0.2, 0.25) is 0 Å². The van der Waals surface area contributed by atoms with Crippen molar-refractivity contribution in [2.45, 2.75) is 25.2 Å². The van der Waals surface area contributed by atoms with Gasteiger partial charge >= 0.3 is 6.18 Å². The van der Waals surface area contributed by atoms with E-state index < -0.39 is 12.0 Å². The summed E-state index contributed by atoms with van der Waals surface area (Å²) in [4.78, 5) is 7.33. The molecule has 0 fully saturated rings. The summed E-state index contributed by atoms with van der Waals surface area (Å²) in [6, 6.07) is 7.48. The number of fused-ring (bicyclic) bond motifs is 1. The molecule has 2 heterocycles. The van der Waals surface area contributed by atoms with Crippen molar-refractivity contribution in [3.05, 3.63) is 41.5 Å². The molecule has 1 aliphatic heterocycles. The molecule has 0 amide bonds. The van der Waals surface area contributed by atoms with Gasteiger partial charge in [0.05, 0.1) is 12.6 Å². The maximum atomic E-state index is 12.4. The molecule has 1 aromatic carbocycles. The second-order valence-electron chi connectivity index (χ2n) is 5.18. The quantitative estimate of drug-likeness (QED) is 0.584. The van der Waals surface area contributed by atoms with E-state index in [1.54, 1.807) is 0 Å². The number of ether oxygens (including phenoxy) is 1. The monoisotopic (exact) mass is 340 g/mol. The van der Waals surface area contributed by atoms with Gasteiger partial charge < -0.3 is 15.8 Å². The van der Waals surface area contributed by atoms with Gasteiger partial charge in [0.1, 0.15) is 18.1 Å². The Morgan fingerprint density at radius 2 is 2.21 bits per heavy atom. The first-order chi connectivity index (χ1) is 11.4. The van der Waals surface area contributed by atoms with Crippen molar-refractivity contribution in [3.63, 3.8) is 0 Å². The minimum Gasteiger partial charge on any atom is -0.493 e. The number of para-hydroxylation sites is 1. The molecule has 128 valence electrons. The molecule has 0 saturated heterocycles. The lowest BCUT2D eigenvalue weighted by Crippen LogP contribution is -2.37. The summed E-state index contributed by atoms with van der Waals surface area (Å²) >= 11 is 0. The number of nitrogens with zero attached hydrogens (tertiary/aromatic N) is 3. The van der Waals surface area contributed by atoms with Crippen molar-refractivity contribution in [2.75, 3.05) is 6.61 Å². The summed E-state index contributed by atoms with van der Waals surface area (Å²) in [5.41, 5.74) is 6.78. The third-order valence-corrected chi connectivity index (χ3v) is 3.47. The number of hydrogen-bond acceptors (Lipinski definition) is 4. The Bertz CT molecular complexity index is 742. The van der Waals surface area contributed by atoms with E-state index in [0.29, 0.717) is 13.0 Å². The molecule has 3 rings (SSSR count). The standard InChI is InChI=1S/C14H15F3N6O/c15-14(16,17)12-21-11(22-23-12)7-19-13(18)20-9-5-6-24-10-4-2-1-3-8(9)10/h1-4,9H,5-7H2,(H3,18,19,20)(H,21,22,23). The number of aromatic amines is 1. The van der Waals surface area contributed by atoms with Crippen molar-refractivity contribution >= 4 is 5.96 Å². The van der Waals surface area contributed by atoms with Crippen LogP contribution in [0.4, 0.5) is 13.2 Å². The highest BCUT2D eigenvalue weighted by molar-refractivity contribution is 5.78. The lowest BCUT2D eigenvalue weighted by Gasteiger charge is -2.26. The van der Waals surface area contributed by atoms with Gasteiger partial charge in [-0.1, -0.05) is 18.2 Å². The Balaban J connectivity index is 1.64. The Morgan fingerprint density at radius 3 is 2.96 bits per heavy atom. The second kappa shape index (κ2) is 6.38. The highest BCUT2D eigenvalue weighted by atomic mass is 19.4. The summed E-state index contributed by atoms with van der Waals surface area (Å²) in [6.45, 7) is 0.409. The summed E-state index contributed by atoms with van der Waals surface area (Å²) in [5.74, 6) is -0.349. The van der Waals surface area contributed by atoms with Crippen molar-refractivity contribution in [1.82, 2.24) is 20.5 Å². The molecule has 1 atom stereocenters. The maximum Gasteiger partial charge on any atom is 0.453 e. The van der Waals surface area contributed by atoms with E-state index in [1.165, 1.54) is 0 Å². The van der Waals surface area contributed by atoms with Crippen LogP contribution in [0.3, 0.4) is 0 Å². The number of aromatic nitrogens is 3. The van der Waals surface area contributed by atoms with E-state index >= 15 is 0 Å². The third kappa shape index (κ3) is 3.58. The Kier molecular flexibility index (Phi) is 4.28. The molecule has 24 heavy (non-hydrogen) atoms. The summed E-state index contributed by atoms with van der Waals surface area (Å²) < 4.78 is 42.8. The average Bonchev–Trinajstić information content (AvgIpc) is 3.03. The minimum absolute atomic E-state index is 0.0144. The van der Waals surface area contributed by atoms with E-state index in [1.807, 2.05) is 24.3 Å². The zero-order chi connectivity index (χ0) is 17.2. The third-order valence-electron chi connectivity index (χ3n) is 3.47. The van der Waals surface area contributed by atoms with Crippen LogP contribution in [0.15, 0.2) is 29.3 Å². The number of benzene rings is 1. The second-order valence-corrected chi connectivity index (χ2v) is 5.18. The fourth-order valence-corrected chi connectivity index (χ4v) is 2.37. The number of H-pyrrole nitrogens is 1. The number of halogens is 3. The molecule has 1 unspecified atom stereocenters. The van der Waals surface area contributed by atoms with E-state index in [0.717, 1.165) is 11.3 Å². The summed E-state index contributed by atoms with van der Waals surface area (Å²) in [7, 11) is 0. The highest BCUT2D eigenvalue weighted by Gasteiger charge is 2.35. The number of nitrogens with one attached hydrogen (secondary N) is 2. The van der Waals surface area contributed by atoms with Crippen LogP contribution in [0.1, 0.15) is 29.7 Å². The first kappa shape index (κ1) is 16.1. The van der Waals surface area contributed by atoms with E-state index in [-0.39, 0.29) is 24.4 Å². The van der Waals surface area contributed by atoms with Gasteiger partial charge in [-0.15, -0.1) is 5.10 Å². The van der Waals surface area contributed by atoms with Gasteiger partial charge in [0.25, 0.3) is 5.82 Å². The van der Waals surface area contributed by atoms with Crippen LogP contribution >= 0.6 is 0 Å². The molecule has 0 bridgehead atoms.